The third kappa shape index (κ3) is 4.33. The van der Waals surface area contributed by atoms with Gasteiger partial charge in [-0.3, -0.25) is 4.79 Å². The topological polar surface area (TPSA) is 69.9 Å². The molecule has 0 bridgehead atoms. The minimum Gasteiger partial charge on any atom is -0.466 e. The van der Waals surface area contributed by atoms with Crippen molar-refractivity contribution in [1.29, 1.82) is 0 Å². The van der Waals surface area contributed by atoms with Crippen molar-refractivity contribution in [3.63, 3.8) is 0 Å². The average molecular weight is 385 g/mol. The van der Waals surface area contributed by atoms with Crippen LogP contribution in [0, 0.1) is 12.8 Å². The zero-order chi connectivity index (χ0) is 20.1. The SMILES string of the molecule is CCOC(=O)c1c(C[NH+]2CCC[C@@H](C(=O)OCC)C2)nc2ccccc2c1C. The van der Waals surface area contributed by atoms with E-state index in [1.54, 1.807) is 6.92 Å². The lowest BCUT2D eigenvalue weighted by molar-refractivity contribution is -0.921. The van der Waals surface area contributed by atoms with Gasteiger partial charge in [-0.15, -0.1) is 0 Å². The molecule has 2 atom stereocenters. The number of aromatic nitrogens is 1. The van der Waals surface area contributed by atoms with Crippen LogP contribution in [0.2, 0.25) is 0 Å². The molecule has 1 aliphatic heterocycles. The molecule has 0 saturated carbocycles. The van der Waals surface area contributed by atoms with Gasteiger partial charge in [-0.05, 0) is 45.2 Å². The number of quaternary nitrogens is 1. The van der Waals surface area contributed by atoms with Gasteiger partial charge in [0.25, 0.3) is 0 Å². The number of hydrogen-bond acceptors (Lipinski definition) is 5. The van der Waals surface area contributed by atoms with Crippen molar-refractivity contribution in [2.24, 2.45) is 5.92 Å². The number of carbonyl (C=O) groups excluding carboxylic acids is 2. The highest BCUT2D eigenvalue weighted by Crippen LogP contribution is 2.23. The number of likely N-dealkylation sites (tertiary alicyclic amines) is 1. The smallest absolute Gasteiger partial charge is 0.340 e. The lowest BCUT2D eigenvalue weighted by atomic mass is 9.97. The minimum absolute atomic E-state index is 0.0868. The Labute approximate surface area is 165 Å². The summed E-state index contributed by atoms with van der Waals surface area (Å²) in [5, 5.41) is 0.965. The summed E-state index contributed by atoms with van der Waals surface area (Å²) in [4.78, 5) is 30.9. The molecule has 1 fully saturated rings. The van der Waals surface area contributed by atoms with Crippen LogP contribution in [0.1, 0.15) is 48.3 Å². The molecule has 2 heterocycles. The molecule has 1 unspecified atom stereocenters. The lowest BCUT2D eigenvalue weighted by Gasteiger charge is -2.29. The van der Waals surface area contributed by atoms with Gasteiger partial charge in [-0.1, -0.05) is 18.2 Å². The first-order chi connectivity index (χ1) is 13.5. The quantitative estimate of drug-likeness (QED) is 0.771. The van der Waals surface area contributed by atoms with E-state index in [4.69, 9.17) is 14.5 Å². The van der Waals surface area contributed by atoms with Crippen molar-refractivity contribution in [3.8, 4) is 0 Å². The minimum atomic E-state index is -0.327. The first kappa shape index (κ1) is 20.3. The molecular formula is C22H29N2O4+. The number of nitrogens with zero attached hydrogens (tertiary/aromatic N) is 1. The highest BCUT2D eigenvalue weighted by atomic mass is 16.5. The molecule has 150 valence electrons. The number of carbonyl (C=O) groups is 2. The van der Waals surface area contributed by atoms with Crippen LogP contribution < -0.4 is 4.90 Å². The van der Waals surface area contributed by atoms with E-state index in [9.17, 15) is 9.59 Å². The van der Waals surface area contributed by atoms with E-state index in [1.165, 1.54) is 4.90 Å². The van der Waals surface area contributed by atoms with E-state index < -0.39 is 0 Å². The predicted molar refractivity (Wildman–Crippen MR) is 106 cm³/mol. The Hall–Kier alpha value is -2.47. The van der Waals surface area contributed by atoms with Gasteiger partial charge in [0, 0.05) is 5.39 Å². The largest absolute Gasteiger partial charge is 0.466 e. The van der Waals surface area contributed by atoms with E-state index in [0.29, 0.717) is 31.9 Å². The van der Waals surface area contributed by atoms with Crippen LogP contribution >= 0.6 is 0 Å². The third-order valence-corrected chi connectivity index (χ3v) is 5.36. The molecule has 2 aromatic rings. The molecule has 0 amide bonds. The van der Waals surface area contributed by atoms with E-state index in [1.807, 2.05) is 38.1 Å². The monoisotopic (exact) mass is 385 g/mol. The highest BCUT2D eigenvalue weighted by Gasteiger charge is 2.31. The maximum absolute atomic E-state index is 12.7. The molecular weight excluding hydrogens is 356 g/mol. The van der Waals surface area contributed by atoms with E-state index in [0.717, 1.165) is 41.5 Å². The fourth-order valence-electron chi connectivity index (χ4n) is 4.05. The normalized spacial score (nSPS) is 19.4. The average Bonchev–Trinajstić information content (AvgIpc) is 2.69. The third-order valence-electron chi connectivity index (χ3n) is 5.36. The van der Waals surface area contributed by atoms with Gasteiger partial charge >= 0.3 is 11.9 Å². The van der Waals surface area contributed by atoms with Gasteiger partial charge in [0.1, 0.15) is 18.2 Å². The number of nitrogens with one attached hydrogen (secondary N) is 1. The van der Waals surface area contributed by atoms with Crippen molar-refractivity contribution in [3.05, 3.63) is 41.1 Å². The number of aryl methyl sites for hydroxylation is 1. The van der Waals surface area contributed by atoms with Gasteiger partial charge < -0.3 is 14.4 Å². The van der Waals surface area contributed by atoms with Gasteiger partial charge in [0.2, 0.25) is 0 Å². The molecule has 1 aromatic carbocycles. The van der Waals surface area contributed by atoms with E-state index >= 15 is 0 Å². The van der Waals surface area contributed by atoms with Crippen LogP contribution in [0.25, 0.3) is 10.9 Å². The highest BCUT2D eigenvalue weighted by molar-refractivity contribution is 5.98. The van der Waals surface area contributed by atoms with Crippen LogP contribution in [0.3, 0.4) is 0 Å². The molecule has 6 heteroatoms. The lowest BCUT2D eigenvalue weighted by Crippen LogP contribution is -3.12. The Kier molecular flexibility index (Phi) is 6.62. The summed E-state index contributed by atoms with van der Waals surface area (Å²) >= 11 is 0. The van der Waals surface area contributed by atoms with E-state index in [-0.39, 0.29) is 17.9 Å². The molecule has 1 saturated heterocycles. The molecule has 0 radical (unpaired) electrons. The Morgan fingerprint density at radius 2 is 1.93 bits per heavy atom. The van der Waals surface area contributed by atoms with Crippen LogP contribution in [-0.4, -0.2) is 43.2 Å². The van der Waals surface area contributed by atoms with Crippen LogP contribution in [0.15, 0.2) is 24.3 Å². The first-order valence-corrected chi connectivity index (χ1v) is 10.1. The predicted octanol–water partition coefficient (Wildman–Crippen LogP) is 2.08. The Bertz CT molecular complexity index is 865. The molecule has 0 aliphatic carbocycles. The Morgan fingerprint density at radius 1 is 1.18 bits per heavy atom. The van der Waals surface area contributed by atoms with Crippen molar-refractivity contribution in [1.82, 2.24) is 4.98 Å². The Balaban J connectivity index is 1.92. The number of ether oxygens (including phenoxy) is 2. The number of esters is 2. The number of para-hydroxylation sites is 1. The summed E-state index contributed by atoms with van der Waals surface area (Å²) < 4.78 is 10.5. The fourth-order valence-corrected chi connectivity index (χ4v) is 4.05. The summed E-state index contributed by atoms with van der Waals surface area (Å²) in [6.07, 6.45) is 1.82. The molecule has 3 rings (SSSR count). The fraction of sp³-hybridized carbons (Fsp3) is 0.500. The maximum atomic E-state index is 12.7. The zero-order valence-electron chi connectivity index (χ0n) is 16.9. The van der Waals surface area contributed by atoms with Crippen LogP contribution in [0.4, 0.5) is 0 Å². The van der Waals surface area contributed by atoms with Crippen molar-refractivity contribution in [2.75, 3.05) is 26.3 Å². The van der Waals surface area contributed by atoms with Gasteiger partial charge in [0.05, 0.1) is 37.4 Å². The van der Waals surface area contributed by atoms with Crippen molar-refractivity contribution >= 4 is 22.8 Å². The summed E-state index contributed by atoms with van der Waals surface area (Å²) in [6, 6.07) is 7.85. The number of piperidine rings is 1. The second kappa shape index (κ2) is 9.15. The summed E-state index contributed by atoms with van der Waals surface area (Å²) in [7, 11) is 0. The van der Waals surface area contributed by atoms with Crippen LogP contribution in [0.5, 0.6) is 0 Å². The summed E-state index contributed by atoms with van der Waals surface area (Å²) in [6.45, 7) is 8.57. The van der Waals surface area contributed by atoms with Crippen LogP contribution in [-0.2, 0) is 20.8 Å². The van der Waals surface area contributed by atoms with Crippen molar-refractivity contribution < 1.29 is 24.0 Å². The number of fused-ring (bicyclic) bond motifs is 1. The summed E-state index contributed by atoms with van der Waals surface area (Å²) in [5.41, 5.74) is 3.08. The molecule has 0 spiro atoms. The number of benzene rings is 1. The standard InChI is InChI=1S/C22H28N2O4/c1-4-27-21(25)16-9-8-12-24(13-16)14-19-20(22(26)28-5-2)15(3)17-10-6-7-11-18(17)23-19/h6-7,10-11,16H,4-5,8-9,12-14H2,1-3H3/p+1/t16-/m1/s1. The van der Waals surface area contributed by atoms with Gasteiger partial charge in [-0.25, -0.2) is 9.78 Å². The first-order valence-electron chi connectivity index (χ1n) is 10.1. The number of rotatable bonds is 6. The maximum Gasteiger partial charge on any atom is 0.340 e. The zero-order valence-corrected chi connectivity index (χ0v) is 16.9. The molecule has 6 nitrogen and oxygen atoms in total. The number of hydrogen-bond donors (Lipinski definition) is 1. The molecule has 1 aromatic heterocycles. The second-order valence-electron chi connectivity index (χ2n) is 7.27. The van der Waals surface area contributed by atoms with Gasteiger partial charge in [0.15, 0.2) is 0 Å². The molecule has 28 heavy (non-hydrogen) atoms. The Morgan fingerprint density at radius 3 is 2.68 bits per heavy atom. The second-order valence-corrected chi connectivity index (χ2v) is 7.27. The molecule has 1 aliphatic rings. The van der Waals surface area contributed by atoms with Crippen molar-refractivity contribution in [2.45, 2.75) is 40.2 Å². The van der Waals surface area contributed by atoms with E-state index in [2.05, 4.69) is 0 Å². The number of pyridine rings is 1. The van der Waals surface area contributed by atoms with Gasteiger partial charge in [-0.2, -0.15) is 0 Å². The summed E-state index contributed by atoms with van der Waals surface area (Å²) in [5.74, 6) is -0.532. The molecule has 1 N–H and O–H groups in total.